The lowest BCUT2D eigenvalue weighted by molar-refractivity contribution is 0.0965. The van der Waals surface area contributed by atoms with Gasteiger partial charge in [0.2, 0.25) is 0 Å². The Hall–Kier alpha value is -3.42. The minimum atomic E-state index is 0.269. The third-order valence-electron chi connectivity index (χ3n) is 8.21. The molecule has 1 aliphatic carbocycles. The molecule has 1 saturated heterocycles. The largest absolute Gasteiger partial charge is 0.489 e. The van der Waals surface area contributed by atoms with Gasteiger partial charge in [0.15, 0.2) is 0 Å². The second kappa shape index (κ2) is 10.1. The quantitative estimate of drug-likeness (QED) is 0.357. The topological polar surface area (TPSA) is 89.4 Å². The maximum atomic E-state index is 9.69. The molecule has 192 valence electrons. The highest BCUT2D eigenvalue weighted by atomic mass is 16.5. The first-order chi connectivity index (χ1) is 18.1. The van der Waals surface area contributed by atoms with Crippen molar-refractivity contribution in [3.05, 3.63) is 72.2 Å². The van der Waals surface area contributed by atoms with Crippen molar-refractivity contribution in [1.29, 1.82) is 0 Å². The number of hydrogen-bond donors (Lipinski definition) is 2. The molecular formula is C30H35N5O2. The van der Waals surface area contributed by atoms with E-state index >= 15 is 0 Å². The van der Waals surface area contributed by atoms with E-state index in [0.717, 1.165) is 65.8 Å². The van der Waals surface area contributed by atoms with Crippen molar-refractivity contribution in [2.45, 2.75) is 51.3 Å². The molecule has 1 saturated carbocycles. The van der Waals surface area contributed by atoms with Gasteiger partial charge in [-0.3, -0.25) is 4.90 Å². The summed E-state index contributed by atoms with van der Waals surface area (Å²) in [6.45, 7) is 5.14. The number of nitrogens with zero attached hydrogens (tertiary/aromatic N) is 4. The molecule has 0 amide bonds. The lowest BCUT2D eigenvalue weighted by atomic mass is 9.79. The number of nitrogens with two attached hydrogens (primary N) is 1. The molecule has 0 radical (unpaired) electrons. The van der Waals surface area contributed by atoms with Crippen molar-refractivity contribution < 1.29 is 9.84 Å². The number of anilines is 1. The Morgan fingerprint density at radius 1 is 1.08 bits per heavy atom. The molecule has 1 unspecified atom stereocenters. The average Bonchev–Trinajstić information content (AvgIpc) is 3.47. The second-order valence-electron chi connectivity index (χ2n) is 10.6. The molecule has 2 aliphatic rings. The number of likely N-dealkylation sites (tertiary alicyclic amines) is 1. The lowest BCUT2D eigenvalue weighted by Crippen LogP contribution is -2.41. The van der Waals surface area contributed by atoms with Crippen molar-refractivity contribution in [3.8, 4) is 16.9 Å². The zero-order valence-electron chi connectivity index (χ0n) is 21.4. The molecule has 6 rings (SSSR count). The Morgan fingerprint density at radius 3 is 2.73 bits per heavy atom. The number of aliphatic hydroxyl groups is 1. The van der Waals surface area contributed by atoms with Gasteiger partial charge in [-0.2, -0.15) is 0 Å². The summed E-state index contributed by atoms with van der Waals surface area (Å²) in [7, 11) is 0. The van der Waals surface area contributed by atoms with Gasteiger partial charge in [-0.1, -0.05) is 42.5 Å². The molecule has 0 bridgehead atoms. The van der Waals surface area contributed by atoms with Crippen LogP contribution in [0.25, 0.3) is 22.2 Å². The van der Waals surface area contributed by atoms with Crippen LogP contribution in [-0.4, -0.2) is 50.3 Å². The summed E-state index contributed by atoms with van der Waals surface area (Å²) in [5.41, 5.74) is 11.8. The number of rotatable bonds is 8. The molecule has 7 nitrogen and oxygen atoms in total. The summed E-state index contributed by atoms with van der Waals surface area (Å²) >= 11 is 0. The van der Waals surface area contributed by atoms with Gasteiger partial charge in [0.05, 0.1) is 12.0 Å². The summed E-state index contributed by atoms with van der Waals surface area (Å²) < 4.78 is 8.51. The number of fused-ring (bicyclic) bond motifs is 1. The highest BCUT2D eigenvalue weighted by Gasteiger charge is 2.37. The monoisotopic (exact) mass is 497 g/mol. The average molecular weight is 498 g/mol. The molecule has 7 heteroatoms. The van der Waals surface area contributed by atoms with Crippen molar-refractivity contribution in [1.82, 2.24) is 19.4 Å². The summed E-state index contributed by atoms with van der Waals surface area (Å²) in [6.07, 6.45) is 6.10. The predicted molar refractivity (Wildman–Crippen MR) is 146 cm³/mol. The maximum absolute atomic E-state index is 9.69. The van der Waals surface area contributed by atoms with Crippen LogP contribution >= 0.6 is 0 Å². The van der Waals surface area contributed by atoms with E-state index in [4.69, 9.17) is 15.5 Å². The molecule has 2 fully saturated rings. The fourth-order valence-electron chi connectivity index (χ4n) is 6.29. The van der Waals surface area contributed by atoms with E-state index in [9.17, 15) is 5.11 Å². The predicted octanol–water partition coefficient (Wildman–Crippen LogP) is 4.98. The van der Waals surface area contributed by atoms with Crippen LogP contribution in [0.3, 0.4) is 0 Å². The van der Waals surface area contributed by atoms with Gasteiger partial charge < -0.3 is 20.1 Å². The van der Waals surface area contributed by atoms with E-state index in [1.54, 1.807) is 6.33 Å². The molecule has 37 heavy (non-hydrogen) atoms. The number of aromatic nitrogens is 3. The number of hydrogen-bond acceptors (Lipinski definition) is 6. The first-order valence-electron chi connectivity index (χ1n) is 13.4. The molecular weight excluding hydrogens is 462 g/mol. The van der Waals surface area contributed by atoms with E-state index in [1.165, 1.54) is 12.1 Å². The standard InChI is InChI=1S/C30H35N5O2/c1-20-27(23-9-5-11-26(15-23)37-18-21-7-3-2-4-8-21)28-29(31)32-19-33-30(28)35(20)25-13-22(14-25)16-34-12-6-10-24(34)17-36/h2-5,7-9,11,15,19,22,24-25,36H,6,10,12-14,16-18H2,1H3,(H2,31,32,33). The van der Waals surface area contributed by atoms with Crippen molar-refractivity contribution >= 4 is 16.9 Å². The van der Waals surface area contributed by atoms with E-state index in [2.05, 4.69) is 45.6 Å². The SMILES string of the molecule is Cc1c(-c2cccc(OCc3ccccc3)c2)c2c(N)ncnc2n1C1CC(CN2CCCC2CO)C1. The Morgan fingerprint density at radius 2 is 1.92 bits per heavy atom. The van der Waals surface area contributed by atoms with Gasteiger partial charge in [0.1, 0.15) is 30.1 Å². The first-order valence-corrected chi connectivity index (χ1v) is 13.4. The highest BCUT2D eigenvalue weighted by Crippen LogP contribution is 2.46. The van der Waals surface area contributed by atoms with Crippen molar-refractivity contribution in [3.63, 3.8) is 0 Å². The molecule has 4 aromatic rings. The molecule has 2 aromatic carbocycles. The molecule has 0 spiro atoms. The van der Waals surface area contributed by atoms with E-state index in [1.807, 2.05) is 30.3 Å². The van der Waals surface area contributed by atoms with E-state index in [-0.39, 0.29) is 6.61 Å². The summed E-state index contributed by atoms with van der Waals surface area (Å²) in [5.74, 6) is 1.98. The van der Waals surface area contributed by atoms with E-state index < -0.39 is 0 Å². The van der Waals surface area contributed by atoms with Gasteiger partial charge in [-0.15, -0.1) is 0 Å². The summed E-state index contributed by atoms with van der Waals surface area (Å²) in [5, 5.41) is 10.6. The smallest absolute Gasteiger partial charge is 0.146 e. The second-order valence-corrected chi connectivity index (χ2v) is 10.6. The number of benzene rings is 2. The first kappa shape index (κ1) is 23.9. The lowest BCUT2D eigenvalue weighted by Gasteiger charge is -2.40. The molecule has 3 N–H and O–H groups in total. The zero-order chi connectivity index (χ0) is 25.4. The van der Waals surface area contributed by atoms with Crippen LogP contribution in [-0.2, 0) is 6.61 Å². The fourth-order valence-corrected chi connectivity index (χ4v) is 6.29. The van der Waals surface area contributed by atoms with Crippen LogP contribution < -0.4 is 10.5 Å². The minimum Gasteiger partial charge on any atom is -0.489 e. The van der Waals surface area contributed by atoms with Crippen molar-refractivity contribution in [2.24, 2.45) is 5.92 Å². The summed E-state index contributed by atoms with van der Waals surface area (Å²) in [6, 6.07) is 19.2. The van der Waals surface area contributed by atoms with Crippen LogP contribution in [0.5, 0.6) is 5.75 Å². The van der Waals surface area contributed by atoms with Crippen LogP contribution in [0.4, 0.5) is 5.82 Å². The van der Waals surface area contributed by atoms with Gasteiger partial charge in [-0.05, 0) is 68.3 Å². The van der Waals surface area contributed by atoms with Gasteiger partial charge >= 0.3 is 0 Å². The Balaban J connectivity index is 1.27. The van der Waals surface area contributed by atoms with Crippen LogP contribution in [0, 0.1) is 12.8 Å². The minimum absolute atomic E-state index is 0.269. The zero-order valence-corrected chi connectivity index (χ0v) is 21.4. The summed E-state index contributed by atoms with van der Waals surface area (Å²) in [4.78, 5) is 11.5. The molecule has 2 aromatic heterocycles. The normalized spacial score (nSPS) is 21.8. The maximum Gasteiger partial charge on any atom is 0.146 e. The van der Waals surface area contributed by atoms with E-state index in [0.29, 0.717) is 30.4 Å². The van der Waals surface area contributed by atoms with Crippen LogP contribution in [0.2, 0.25) is 0 Å². The third kappa shape index (κ3) is 4.58. The number of ether oxygens (including phenoxy) is 1. The van der Waals surface area contributed by atoms with Gasteiger partial charge in [0, 0.05) is 29.9 Å². The number of nitrogen functional groups attached to an aromatic ring is 1. The highest BCUT2D eigenvalue weighted by molar-refractivity contribution is 6.02. The van der Waals surface area contributed by atoms with Gasteiger partial charge in [0.25, 0.3) is 0 Å². The Kier molecular flexibility index (Phi) is 6.57. The van der Waals surface area contributed by atoms with Crippen LogP contribution in [0.1, 0.15) is 43.0 Å². The molecule has 1 aliphatic heterocycles. The number of aliphatic hydroxyl groups excluding tert-OH is 1. The van der Waals surface area contributed by atoms with Gasteiger partial charge in [-0.25, -0.2) is 9.97 Å². The molecule has 3 heterocycles. The Labute approximate surface area is 217 Å². The van der Waals surface area contributed by atoms with Crippen molar-refractivity contribution in [2.75, 3.05) is 25.4 Å². The Bertz CT molecular complexity index is 1380. The fraction of sp³-hybridized carbons (Fsp3) is 0.400. The third-order valence-corrected chi connectivity index (χ3v) is 8.21. The van der Waals surface area contributed by atoms with Crippen LogP contribution in [0.15, 0.2) is 60.9 Å². The molecule has 1 atom stereocenters.